The summed E-state index contributed by atoms with van der Waals surface area (Å²) in [6, 6.07) is 5.90. The third-order valence-corrected chi connectivity index (χ3v) is 2.68. The molecule has 1 N–H and O–H groups in total. The molecule has 0 fully saturated rings. The minimum absolute atomic E-state index is 0.00287. The van der Waals surface area contributed by atoms with Crippen LogP contribution in [0.25, 0.3) is 0 Å². The maximum absolute atomic E-state index is 11.9. The summed E-state index contributed by atoms with van der Waals surface area (Å²) in [7, 11) is 0. The van der Waals surface area contributed by atoms with Gasteiger partial charge in [0.2, 0.25) is 5.91 Å². The normalized spacial score (nSPS) is 14.1. The molecule has 0 unspecified atom stereocenters. The number of nitrogens with one attached hydrogen (secondary N) is 1. The van der Waals surface area contributed by atoms with Crippen molar-refractivity contribution in [3.63, 3.8) is 0 Å². The smallest absolute Gasteiger partial charge is 0.224 e. The first-order valence-electron chi connectivity index (χ1n) is 6.00. The van der Waals surface area contributed by atoms with Gasteiger partial charge in [-0.15, -0.1) is 0 Å². The van der Waals surface area contributed by atoms with Gasteiger partial charge >= 0.3 is 0 Å². The topological polar surface area (TPSA) is 38.3 Å². The van der Waals surface area contributed by atoms with Crippen molar-refractivity contribution in [1.82, 2.24) is 0 Å². The summed E-state index contributed by atoms with van der Waals surface area (Å²) in [6.07, 6.45) is 1.44. The second kappa shape index (κ2) is 4.40. The molecule has 0 saturated heterocycles. The first-order valence-corrected chi connectivity index (χ1v) is 6.00. The molecule has 92 valence electrons. The molecular weight excluding hydrogens is 214 g/mol. The van der Waals surface area contributed by atoms with E-state index in [4.69, 9.17) is 4.74 Å². The highest BCUT2D eigenvalue weighted by atomic mass is 16.5. The summed E-state index contributed by atoms with van der Waals surface area (Å²) >= 11 is 0. The van der Waals surface area contributed by atoms with Gasteiger partial charge in [0, 0.05) is 12.8 Å². The maximum atomic E-state index is 11.9. The highest BCUT2D eigenvalue weighted by Gasteiger charge is 2.20. The number of rotatable bonds is 2. The molecule has 0 saturated carbocycles. The molecule has 1 amide bonds. The molecule has 0 aliphatic carbocycles. The quantitative estimate of drug-likeness (QED) is 0.852. The Morgan fingerprint density at radius 2 is 2.18 bits per heavy atom. The Hall–Kier alpha value is -1.51. The van der Waals surface area contributed by atoms with Gasteiger partial charge in [0.25, 0.3) is 0 Å². The van der Waals surface area contributed by atoms with E-state index in [2.05, 4.69) is 26.1 Å². The summed E-state index contributed by atoms with van der Waals surface area (Å²) in [6.45, 7) is 6.87. The molecule has 0 bridgehead atoms. The molecule has 1 aliphatic heterocycles. The molecule has 17 heavy (non-hydrogen) atoms. The number of anilines is 1. The number of carbonyl (C=O) groups excluding carboxylic acids is 1. The summed E-state index contributed by atoms with van der Waals surface area (Å²) in [5.41, 5.74) is 1.98. The number of benzene rings is 1. The number of hydrogen-bond acceptors (Lipinski definition) is 2. The zero-order valence-electron chi connectivity index (χ0n) is 10.7. The van der Waals surface area contributed by atoms with Gasteiger partial charge < -0.3 is 10.1 Å². The van der Waals surface area contributed by atoms with Crippen molar-refractivity contribution in [2.45, 2.75) is 33.6 Å². The van der Waals surface area contributed by atoms with Crippen molar-refractivity contribution in [2.75, 3.05) is 11.9 Å². The third kappa shape index (κ3) is 2.99. The van der Waals surface area contributed by atoms with Gasteiger partial charge in [0.15, 0.2) is 0 Å². The molecular formula is C14H19NO2. The number of fused-ring (bicyclic) bond motifs is 1. The fourth-order valence-corrected chi connectivity index (χ4v) is 1.99. The van der Waals surface area contributed by atoms with Gasteiger partial charge in [-0.25, -0.2) is 0 Å². The Morgan fingerprint density at radius 1 is 1.41 bits per heavy atom. The van der Waals surface area contributed by atoms with Crippen LogP contribution in [0.3, 0.4) is 0 Å². The molecule has 1 aromatic rings. The van der Waals surface area contributed by atoms with E-state index >= 15 is 0 Å². The van der Waals surface area contributed by atoms with Crippen molar-refractivity contribution < 1.29 is 9.53 Å². The van der Waals surface area contributed by atoms with Crippen LogP contribution in [0, 0.1) is 5.41 Å². The predicted molar refractivity (Wildman–Crippen MR) is 68.3 cm³/mol. The average Bonchev–Trinajstić information content (AvgIpc) is 2.63. The molecule has 3 nitrogen and oxygen atoms in total. The highest BCUT2D eigenvalue weighted by Crippen LogP contribution is 2.33. The average molecular weight is 233 g/mol. The minimum Gasteiger partial charge on any atom is -0.491 e. The van der Waals surface area contributed by atoms with Gasteiger partial charge in [0.05, 0.1) is 12.3 Å². The van der Waals surface area contributed by atoms with Crippen LogP contribution in [-0.4, -0.2) is 12.5 Å². The largest absolute Gasteiger partial charge is 0.491 e. The Morgan fingerprint density at radius 3 is 2.88 bits per heavy atom. The SMILES string of the molecule is CC(C)(C)CC(=O)Nc1cccc2c1OCC2. The van der Waals surface area contributed by atoms with Gasteiger partial charge in [0.1, 0.15) is 5.75 Å². The monoisotopic (exact) mass is 233 g/mol. The predicted octanol–water partition coefficient (Wildman–Crippen LogP) is 3.00. The van der Waals surface area contributed by atoms with Gasteiger partial charge in [-0.2, -0.15) is 0 Å². The van der Waals surface area contributed by atoms with E-state index in [-0.39, 0.29) is 11.3 Å². The van der Waals surface area contributed by atoms with E-state index in [0.717, 1.165) is 17.9 Å². The van der Waals surface area contributed by atoms with Crippen molar-refractivity contribution in [2.24, 2.45) is 5.41 Å². The van der Waals surface area contributed by atoms with Crippen molar-refractivity contribution in [1.29, 1.82) is 0 Å². The third-order valence-electron chi connectivity index (χ3n) is 2.68. The lowest BCUT2D eigenvalue weighted by molar-refractivity contribution is -0.117. The summed E-state index contributed by atoms with van der Waals surface area (Å²) in [4.78, 5) is 11.9. The first-order chi connectivity index (χ1) is 7.96. The van der Waals surface area contributed by atoms with E-state index in [1.54, 1.807) is 0 Å². The van der Waals surface area contributed by atoms with Crippen LogP contribution >= 0.6 is 0 Å². The first kappa shape index (κ1) is 12.0. The summed E-state index contributed by atoms with van der Waals surface area (Å²) in [5.74, 6) is 0.885. The molecule has 2 rings (SSSR count). The van der Waals surface area contributed by atoms with Crippen molar-refractivity contribution in [3.05, 3.63) is 23.8 Å². The Bertz CT molecular complexity index is 432. The van der Waals surface area contributed by atoms with Crippen molar-refractivity contribution >= 4 is 11.6 Å². The number of para-hydroxylation sites is 1. The molecule has 0 spiro atoms. The Kier molecular flexibility index (Phi) is 3.09. The van der Waals surface area contributed by atoms with E-state index < -0.39 is 0 Å². The van der Waals surface area contributed by atoms with Crippen molar-refractivity contribution in [3.8, 4) is 5.75 Å². The lowest BCUT2D eigenvalue weighted by Crippen LogP contribution is -2.19. The lowest BCUT2D eigenvalue weighted by atomic mass is 9.92. The fraction of sp³-hybridized carbons (Fsp3) is 0.500. The van der Waals surface area contributed by atoms with Crippen LogP contribution in [0.5, 0.6) is 5.75 Å². The van der Waals surface area contributed by atoms with Crippen LogP contribution in [0.1, 0.15) is 32.8 Å². The Labute approximate surface area is 102 Å². The van der Waals surface area contributed by atoms with Crippen LogP contribution in [0.4, 0.5) is 5.69 Å². The van der Waals surface area contributed by atoms with Crippen LogP contribution in [0.2, 0.25) is 0 Å². The molecule has 0 radical (unpaired) electrons. The fourth-order valence-electron chi connectivity index (χ4n) is 1.99. The second-order valence-corrected chi connectivity index (χ2v) is 5.68. The molecule has 0 aromatic heterocycles. The lowest BCUT2D eigenvalue weighted by Gasteiger charge is -2.18. The van der Waals surface area contributed by atoms with Crippen LogP contribution < -0.4 is 10.1 Å². The maximum Gasteiger partial charge on any atom is 0.224 e. The van der Waals surface area contributed by atoms with E-state index in [1.807, 2.05) is 18.2 Å². The van der Waals surface area contributed by atoms with Crippen LogP contribution in [0.15, 0.2) is 18.2 Å². The number of hydrogen-bond donors (Lipinski definition) is 1. The molecule has 0 atom stereocenters. The molecule has 3 heteroatoms. The van der Waals surface area contributed by atoms with E-state index in [9.17, 15) is 4.79 Å². The van der Waals surface area contributed by atoms with Gasteiger partial charge in [-0.3, -0.25) is 4.79 Å². The molecule has 1 aromatic carbocycles. The molecule has 1 aliphatic rings. The number of carbonyl (C=O) groups is 1. The van der Waals surface area contributed by atoms with Gasteiger partial charge in [-0.05, 0) is 17.0 Å². The van der Waals surface area contributed by atoms with Gasteiger partial charge in [-0.1, -0.05) is 32.9 Å². The highest BCUT2D eigenvalue weighted by molar-refractivity contribution is 5.93. The standard InChI is InChI=1S/C14H19NO2/c1-14(2,3)9-12(16)15-11-6-4-5-10-7-8-17-13(10)11/h4-6H,7-9H2,1-3H3,(H,15,16). The summed E-state index contributed by atoms with van der Waals surface area (Å²) in [5, 5.41) is 2.93. The molecule has 1 heterocycles. The number of amides is 1. The zero-order chi connectivity index (χ0) is 12.5. The van der Waals surface area contributed by atoms with E-state index in [0.29, 0.717) is 13.0 Å². The zero-order valence-corrected chi connectivity index (χ0v) is 10.7. The summed E-state index contributed by atoms with van der Waals surface area (Å²) < 4.78 is 5.55. The Balaban J connectivity index is 2.10. The minimum atomic E-state index is 0.00287. The van der Waals surface area contributed by atoms with E-state index in [1.165, 1.54) is 5.56 Å². The second-order valence-electron chi connectivity index (χ2n) is 5.68. The number of ether oxygens (including phenoxy) is 1. The van der Waals surface area contributed by atoms with Crippen LogP contribution in [-0.2, 0) is 11.2 Å².